The number of thiocarbonyl (C=S) groups is 1. The molecule has 0 saturated carbocycles. The average molecular weight is 463 g/mol. The lowest BCUT2D eigenvalue weighted by atomic mass is 10.1. The van der Waals surface area contributed by atoms with E-state index in [1.807, 2.05) is 54.6 Å². The second-order valence-electron chi connectivity index (χ2n) is 7.55. The number of benzene rings is 2. The molecular weight excluding hydrogens is 440 g/mol. The van der Waals surface area contributed by atoms with Crippen molar-refractivity contribution >= 4 is 46.2 Å². The Labute approximate surface area is 196 Å². The molecule has 0 atom stereocenters. The molecule has 1 aromatic heterocycles. The third-order valence-electron chi connectivity index (χ3n) is 5.06. The van der Waals surface area contributed by atoms with Gasteiger partial charge in [-0.1, -0.05) is 66.4 Å². The quantitative estimate of drug-likeness (QED) is 0.377. The highest BCUT2D eigenvalue weighted by molar-refractivity contribution is 8.26. The molecule has 162 valence electrons. The van der Waals surface area contributed by atoms with Gasteiger partial charge in [-0.3, -0.25) is 14.5 Å². The smallest absolute Gasteiger partial charge is 0.266 e. The van der Waals surface area contributed by atoms with Gasteiger partial charge in [0.05, 0.1) is 4.91 Å². The van der Waals surface area contributed by atoms with E-state index < -0.39 is 0 Å². The number of hydrogen-bond acceptors (Lipinski definition) is 5. The molecule has 5 nitrogen and oxygen atoms in total. The summed E-state index contributed by atoms with van der Waals surface area (Å²) in [6, 6.07) is 21.0. The third kappa shape index (κ3) is 4.84. The molecule has 0 bridgehead atoms. The standard InChI is InChI=1S/C25H22N2O3S2/c1-26(2)23(28)19-10-8-18(9-11-19)21-13-12-20(30-21)16-22-24(29)27(25(31)32-22)15-14-17-6-4-3-5-7-17/h3-13,16H,14-15H2,1-2H3/b22-16-. The van der Waals surface area contributed by atoms with Gasteiger partial charge >= 0.3 is 0 Å². The summed E-state index contributed by atoms with van der Waals surface area (Å²) >= 11 is 6.72. The lowest BCUT2D eigenvalue weighted by Crippen LogP contribution is -2.30. The van der Waals surface area contributed by atoms with Crippen molar-refractivity contribution in [3.63, 3.8) is 0 Å². The highest BCUT2D eigenvalue weighted by Crippen LogP contribution is 2.33. The van der Waals surface area contributed by atoms with E-state index in [0.717, 1.165) is 12.0 Å². The first-order chi connectivity index (χ1) is 15.4. The van der Waals surface area contributed by atoms with E-state index in [2.05, 4.69) is 0 Å². The van der Waals surface area contributed by atoms with Crippen molar-refractivity contribution in [3.8, 4) is 11.3 Å². The number of hydrogen-bond donors (Lipinski definition) is 0. The van der Waals surface area contributed by atoms with Crippen LogP contribution in [0.4, 0.5) is 0 Å². The second kappa shape index (κ2) is 9.54. The Morgan fingerprint density at radius 1 is 1.06 bits per heavy atom. The van der Waals surface area contributed by atoms with Crippen LogP contribution >= 0.6 is 24.0 Å². The number of amides is 2. The van der Waals surface area contributed by atoms with Crippen molar-refractivity contribution in [3.05, 3.63) is 88.5 Å². The summed E-state index contributed by atoms with van der Waals surface area (Å²) in [7, 11) is 3.44. The molecule has 1 saturated heterocycles. The number of rotatable bonds is 6. The average Bonchev–Trinajstić information content (AvgIpc) is 3.37. The molecule has 32 heavy (non-hydrogen) atoms. The van der Waals surface area contributed by atoms with E-state index in [1.54, 1.807) is 37.2 Å². The molecule has 0 spiro atoms. The van der Waals surface area contributed by atoms with Crippen LogP contribution in [0.1, 0.15) is 21.7 Å². The van der Waals surface area contributed by atoms with E-state index in [1.165, 1.54) is 22.2 Å². The minimum atomic E-state index is -0.0968. The van der Waals surface area contributed by atoms with Gasteiger partial charge in [0.2, 0.25) is 0 Å². The van der Waals surface area contributed by atoms with Gasteiger partial charge in [0.25, 0.3) is 11.8 Å². The fraction of sp³-hybridized carbons (Fsp3) is 0.160. The van der Waals surface area contributed by atoms with Gasteiger partial charge in [-0.05, 0) is 36.2 Å². The second-order valence-corrected chi connectivity index (χ2v) is 9.22. The Bertz CT molecular complexity index is 1180. The highest BCUT2D eigenvalue weighted by Gasteiger charge is 2.31. The summed E-state index contributed by atoms with van der Waals surface area (Å²) in [4.78, 5) is 28.6. The molecule has 3 aromatic rings. The third-order valence-corrected chi connectivity index (χ3v) is 6.44. The molecule has 0 radical (unpaired) electrons. The van der Waals surface area contributed by atoms with Crippen LogP contribution in [0.15, 0.2) is 76.1 Å². The van der Waals surface area contributed by atoms with Gasteiger partial charge in [0, 0.05) is 37.8 Å². The number of carbonyl (C=O) groups excluding carboxylic acids is 2. The monoisotopic (exact) mass is 462 g/mol. The first-order valence-corrected chi connectivity index (χ1v) is 11.4. The minimum absolute atomic E-state index is 0.0500. The SMILES string of the molecule is CN(C)C(=O)c1ccc(-c2ccc(/C=C3\SC(=S)N(CCc4ccccc4)C3=O)o2)cc1. The van der Waals surface area contributed by atoms with Crippen molar-refractivity contribution in [1.82, 2.24) is 9.80 Å². The maximum absolute atomic E-state index is 12.8. The highest BCUT2D eigenvalue weighted by atomic mass is 32.2. The lowest BCUT2D eigenvalue weighted by Gasteiger charge is -2.14. The Morgan fingerprint density at radius 2 is 1.78 bits per heavy atom. The maximum Gasteiger partial charge on any atom is 0.266 e. The molecule has 1 fully saturated rings. The van der Waals surface area contributed by atoms with E-state index in [-0.39, 0.29) is 11.8 Å². The zero-order valence-corrected chi connectivity index (χ0v) is 19.4. The fourth-order valence-electron chi connectivity index (χ4n) is 3.33. The Morgan fingerprint density at radius 3 is 2.47 bits per heavy atom. The Balaban J connectivity index is 1.45. The van der Waals surface area contributed by atoms with Gasteiger partial charge in [-0.25, -0.2) is 0 Å². The largest absolute Gasteiger partial charge is 0.457 e. The van der Waals surface area contributed by atoms with E-state index >= 15 is 0 Å². The Hall–Kier alpha value is -3.16. The van der Waals surface area contributed by atoms with Crippen molar-refractivity contribution in [1.29, 1.82) is 0 Å². The van der Waals surface area contributed by atoms with Crippen molar-refractivity contribution < 1.29 is 14.0 Å². The molecular formula is C25H22N2O3S2. The van der Waals surface area contributed by atoms with Crippen molar-refractivity contribution in [2.45, 2.75) is 6.42 Å². The van der Waals surface area contributed by atoms with Crippen LogP contribution in [-0.4, -0.2) is 46.6 Å². The van der Waals surface area contributed by atoms with Crippen LogP contribution in [-0.2, 0) is 11.2 Å². The molecule has 0 unspecified atom stereocenters. The molecule has 1 aliphatic rings. The van der Waals surface area contributed by atoms with Gasteiger partial charge in [0.15, 0.2) is 0 Å². The number of carbonyl (C=O) groups is 2. The summed E-state index contributed by atoms with van der Waals surface area (Å²) < 4.78 is 6.49. The first-order valence-electron chi connectivity index (χ1n) is 10.1. The van der Waals surface area contributed by atoms with Crippen molar-refractivity contribution in [2.75, 3.05) is 20.6 Å². The minimum Gasteiger partial charge on any atom is -0.457 e. The molecule has 2 heterocycles. The van der Waals surface area contributed by atoms with Gasteiger partial charge in [-0.15, -0.1) is 0 Å². The molecule has 0 N–H and O–H groups in total. The van der Waals surface area contributed by atoms with E-state index in [9.17, 15) is 9.59 Å². The van der Waals surface area contributed by atoms with Gasteiger partial charge < -0.3 is 9.32 Å². The molecule has 1 aliphatic heterocycles. The summed E-state index contributed by atoms with van der Waals surface area (Å²) in [5.74, 6) is 1.10. The molecule has 0 aliphatic carbocycles. The predicted molar refractivity (Wildman–Crippen MR) is 132 cm³/mol. The maximum atomic E-state index is 12.8. The lowest BCUT2D eigenvalue weighted by molar-refractivity contribution is -0.122. The summed E-state index contributed by atoms with van der Waals surface area (Å²) in [5.41, 5.74) is 2.64. The van der Waals surface area contributed by atoms with Crippen LogP contribution in [0.5, 0.6) is 0 Å². The number of furan rings is 1. The summed E-state index contributed by atoms with van der Waals surface area (Å²) in [6.07, 6.45) is 2.48. The normalized spacial score (nSPS) is 14.9. The van der Waals surface area contributed by atoms with E-state index in [0.29, 0.717) is 32.9 Å². The molecule has 7 heteroatoms. The number of thioether (sulfide) groups is 1. The zero-order chi connectivity index (χ0) is 22.7. The van der Waals surface area contributed by atoms with Crippen LogP contribution in [0.2, 0.25) is 0 Å². The number of nitrogens with zero attached hydrogens (tertiary/aromatic N) is 2. The summed E-state index contributed by atoms with van der Waals surface area (Å²) in [6.45, 7) is 0.549. The van der Waals surface area contributed by atoms with Gasteiger partial charge in [-0.2, -0.15) is 0 Å². The Kier molecular flexibility index (Phi) is 6.58. The fourth-order valence-corrected chi connectivity index (χ4v) is 4.62. The summed E-state index contributed by atoms with van der Waals surface area (Å²) in [5, 5.41) is 0. The van der Waals surface area contributed by atoms with Crippen molar-refractivity contribution in [2.24, 2.45) is 0 Å². The predicted octanol–water partition coefficient (Wildman–Crippen LogP) is 5.09. The van der Waals surface area contributed by atoms with E-state index in [4.69, 9.17) is 16.6 Å². The zero-order valence-electron chi connectivity index (χ0n) is 17.8. The first kappa shape index (κ1) is 22.0. The molecule has 2 amide bonds. The topological polar surface area (TPSA) is 53.8 Å². The van der Waals surface area contributed by atoms with Gasteiger partial charge in [0.1, 0.15) is 15.8 Å². The van der Waals surface area contributed by atoms with Crippen LogP contribution < -0.4 is 0 Å². The van der Waals surface area contributed by atoms with Crippen LogP contribution in [0.3, 0.4) is 0 Å². The molecule has 2 aromatic carbocycles. The molecule has 4 rings (SSSR count). The van der Waals surface area contributed by atoms with Crippen LogP contribution in [0.25, 0.3) is 17.4 Å². The van der Waals surface area contributed by atoms with Crippen LogP contribution in [0, 0.1) is 0 Å².